The van der Waals surface area contributed by atoms with Crippen LogP contribution in [0.4, 0.5) is 5.82 Å². The van der Waals surface area contributed by atoms with Crippen molar-refractivity contribution in [2.75, 3.05) is 72.8 Å². The highest BCUT2D eigenvalue weighted by atomic mass is 31.2. The maximum absolute atomic E-state index is 16.2. The number of nitrogens with two attached hydrogens (primary N) is 1. The van der Waals surface area contributed by atoms with Crippen LogP contribution in [0.5, 0.6) is 17.2 Å². The van der Waals surface area contributed by atoms with E-state index in [1.807, 2.05) is 88.4 Å². The number of hydrogen-bond acceptors (Lipinski definition) is 24. The van der Waals surface area contributed by atoms with Gasteiger partial charge in [0.1, 0.15) is 78.5 Å². The van der Waals surface area contributed by atoms with Crippen molar-refractivity contribution in [2.24, 2.45) is 0 Å². The fourth-order valence-corrected chi connectivity index (χ4v) is 13.5. The second kappa shape index (κ2) is 33.2. The van der Waals surface area contributed by atoms with Crippen molar-refractivity contribution < 1.29 is 94.4 Å². The van der Waals surface area contributed by atoms with Crippen LogP contribution in [-0.2, 0) is 85.8 Å². The van der Waals surface area contributed by atoms with Crippen LogP contribution in [0.15, 0.2) is 122 Å². The molecule has 2 aromatic heterocycles. The van der Waals surface area contributed by atoms with E-state index in [4.69, 9.17) is 71.6 Å². The predicted molar refractivity (Wildman–Crippen MR) is 335 cm³/mol. The molecule has 1 amide bonds. The van der Waals surface area contributed by atoms with E-state index < -0.39 is 123 Å². The number of rotatable bonds is 34. The van der Waals surface area contributed by atoms with Crippen molar-refractivity contribution >= 4 is 54.3 Å². The van der Waals surface area contributed by atoms with Crippen molar-refractivity contribution in [3.05, 3.63) is 139 Å². The zero-order valence-corrected chi connectivity index (χ0v) is 54.6. The van der Waals surface area contributed by atoms with E-state index in [9.17, 15) is 19.2 Å². The Morgan fingerprint density at radius 1 is 0.699 bits per heavy atom. The highest BCUT2D eigenvalue weighted by Gasteiger charge is 2.55. The van der Waals surface area contributed by atoms with Gasteiger partial charge in [-0.15, -0.1) is 0 Å². The molecule has 502 valence electrons. The van der Waals surface area contributed by atoms with Crippen LogP contribution in [0.2, 0.25) is 0 Å². The molecule has 2 aliphatic heterocycles. The number of esters is 3. The number of hydrogen-bond donors (Lipinski definition) is 2. The Morgan fingerprint density at radius 3 is 1.84 bits per heavy atom. The maximum Gasteiger partial charge on any atom is 0.409 e. The molecule has 6 aromatic rings. The Hall–Kier alpha value is -7.95. The van der Waals surface area contributed by atoms with Gasteiger partial charge in [0, 0.05) is 46.2 Å². The van der Waals surface area contributed by atoms with Crippen LogP contribution in [0, 0.1) is 0 Å². The van der Waals surface area contributed by atoms with Gasteiger partial charge in [0.05, 0.1) is 60.2 Å². The summed E-state index contributed by atoms with van der Waals surface area (Å²) < 4.78 is 105. The fourth-order valence-electron chi connectivity index (χ4n) is 11.2. The first kappa shape index (κ1) is 70.9. The quantitative estimate of drug-likeness (QED) is 0.0134. The highest BCUT2D eigenvalue weighted by Crippen LogP contribution is 2.58. The number of amides is 1. The lowest BCUT2D eigenvalue weighted by Crippen LogP contribution is -2.66. The number of benzene rings is 4. The van der Waals surface area contributed by atoms with Gasteiger partial charge in [-0.2, -0.15) is 0 Å². The van der Waals surface area contributed by atoms with Gasteiger partial charge in [0.2, 0.25) is 11.7 Å². The summed E-state index contributed by atoms with van der Waals surface area (Å²) in [5.74, 6) is -1.56. The first-order chi connectivity index (χ1) is 44.7. The number of nitrogens with one attached hydrogen (secondary N) is 1. The Kier molecular flexibility index (Phi) is 25.3. The molecule has 2 aliphatic rings. The summed E-state index contributed by atoms with van der Waals surface area (Å²) in [5.41, 5.74) is 7.16. The van der Waals surface area contributed by atoms with E-state index in [2.05, 4.69) is 20.3 Å². The van der Waals surface area contributed by atoms with Gasteiger partial charge in [-0.3, -0.25) is 37.6 Å². The van der Waals surface area contributed by atoms with Crippen LogP contribution in [0.3, 0.4) is 0 Å². The van der Waals surface area contributed by atoms with Gasteiger partial charge in [-0.1, -0.05) is 72.8 Å². The summed E-state index contributed by atoms with van der Waals surface area (Å²) in [6.45, 7) is 10.9. The SMILES string of the molecule is COc1ccc(C(OC(C(=O)COc2ccccc2)[C@H]2O[C@@H](n3cnc4c(N)ncnc43)C[C@@H]2OP(=O)(OCCOCCOCCO[C@@H]2O[C@H](COC(C)=O)[C@H](OC(C)=O)[C@H](OC(C)=O)[C@H]2NC(C)=O)N(C(C)C)C(C)C)(c2ccccc2)c2ccc(OC)cc2)cc1. The molecule has 3 N–H and O–H groups in total. The minimum Gasteiger partial charge on any atom is -0.497 e. The number of fused-ring (bicyclic) bond motifs is 1. The number of nitrogen functional groups attached to an aromatic ring is 1. The molecule has 93 heavy (non-hydrogen) atoms. The van der Waals surface area contributed by atoms with Gasteiger partial charge in [0.25, 0.3) is 0 Å². The second-order valence-electron chi connectivity index (χ2n) is 22.3. The van der Waals surface area contributed by atoms with Crippen LogP contribution < -0.4 is 25.3 Å². The van der Waals surface area contributed by atoms with Crippen molar-refractivity contribution in [3.63, 3.8) is 0 Å². The number of ether oxygens (including phenoxy) is 12. The number of anilines is 1. The summed E-state index contributed by atoms with van der Waals surface area (Å²) in [6, 6.07) is 30.9. The van der Waals surface area contributed by atoms with E-state index in [0.717, 1.165) is 13.8 Å². The number of ketones is 1. The normalized spacial score (nSPS) is 20.8. The molecule has 27 nitrogen and oxygen atoms in total. The van der Waals surface area contributed by atoms with Gasteiger partial charge in [-0.25, -0.2) is 24.2 Å². The number of methoxy groups -OCH3 is 2. The number of Topliss-reactive ketones (excluding diaryl/α,β-unsaturated/α-hetero) is 1. The molecule has 4 heterocycles. The Balaban J connectivity index is 1.06. The molecule has 8 rings (SSSR count). The second-order valence-corrected chi connectivity index (χ2v) is 24.2. The third kappa shape index (κ3) is 18.1. The predicted octanol–water partition coefficient (Wildman–Crippen LogP) is 7.07. The van der Waals surface area contributed by atoms with Crippen molar-refractivity contribution in [3.8, 4) is 17.2 Å². The summed E-state index contributed by atoms with van der Waals surface area (Å²) in [5, 5.41) is 2.66. The molecule has 0 radical (unpaired) electrons. The molecule has 0 aliphatic carbocycles. The minimum absolute atomic E-state index is 0.0212. The largest absolute Gasteiger partial charge is 0.497 e. The van der Waals surface area contributed by atoms with E-state index in [0.29, 0.717) is 45.1 Å². The number of carbonyl (C=O) groups excluding carboxylic acids is 5. The van der Waals surface area contributed by atoms with Crippen LogP contribution in [0.25, 0.3) is 11.2 Å². The van der Waals surface area contributed by atoms with E-state index in [1.54, 1.807) is 72.0 Å². The van der Waals surface area contributed by atoms with Gasteiger partial charge < -0.3 is 67.9 Å². The third-order valence-electron chi connectivity index (χ3n) is 15.1. The van der Waals surface area contributed by atoms with Crippen molar-refractivity contribution in [2.45, 2.75) is 135 Å². The molecule has 2 fully saturated rings. The lowest BCUT2D eigenvalue weighted by Gasteiger charge is -2.44. The standard InChI is InChI=1S/C65H82N7O20P/c1-40(2)72(41(3)4)93(78,86-34-32-82-30-29-81-31-33-83-64-56(70-42(5)73)61(88-45(8)76)60(87-44(7)75)54(89-64)37-84-43(6)74)92-53-35-55(71-39-69-57-62(66)67-38-68-63(57)71)90-59(53)58(52(77)36-85-51-19-15-12-16-20-51)91-65(46-17-13-11-14-18-46,47-21-25-49(79-9)26-22-47)48-23-27-50(80-10)28-24-48/h11-28,38-41,53-56,58-61,64H,29-37H2,1-10H3,(H,70,73)(H2,66,67,68)/t53-,54+,55+,56+,58?,59-,60-,61+,64+,93?/m0/s1. The summed E-state index contributed by atoms with van der Waals surface area (Å²) in [4.78, 5) is 77.7. The molecule has 10 atom stereocenters. The van der Waals surface area contributed by atoms with Crippen molar-refractivity contribution in [1.29, 1.82) is 0 Å². The summed E-state index contributed by atoms with van der Waals surface area (Å²) >= 11 is 0. The molecule has 4 aromatic carbocycles. The fraction of sp³-hybridized carbons (Fsp3) is 0.477. The number of imidazole rings is 1. The molecule has 28 heteroatoms. The van der Waals surface area contributed by atoms with Crippen LogP contribution in [0.1, 0.15) is 84.7 Å². The van der Waals surface area contributed by atoms with Gasteiger partial charge in [-0.05, 0) is 80.8 Å². The lowest BCUT2D eigenvalue weighted by atomic mass is 9.79. The zero-order valence-electron chi connectivity index (χ0n) is 53.7. The first-order valence-electron chi connectivity index (χ1n) is 30.4. The molecule has 2 unspecified atom stereocenters. The Labute approximate surface area is 539 Å². The molecule has 0 spiro atoms. The Bertz CT molecular complexity index is 3400. The monoisotopic (exact) mass is 1310 g/mol. The number of para-hydroxylation sites is 1. The maximum atomic E-state index is 16.2. The number of nitrogens with zero attached hydrogens (tertiary/aromatic N) is 5. The molecular weight excluding hydrogens is 1230 g/mol. The average Bonchev–Trinajstić information content (AvgIpc) is 1.74. The van der Waals surface area contributed by atoms with Crippen LogP contribution >= 0.6 is 7.75 Å². The summed E-state index contributed by atoms with van der Waals surface area (Å²) in [7, 11) is -1.35. The molecule has 0 bridgehead atoms. The third-order valence-corrected chi connectivity index (χ3v) is 17.6. The van der Waals surface area contributed by atoms with E-state index in [-0.39, 0.29) is 51.9 Å². The van der Waals surface area contributed by atoms with Crippen LogP contribution in [-0.4, -0.2) is 182 Å². The molecular formula is C65H82N7O20P. The molecule has 0 saturated carbocycles. The highest BCUT2D eigenvalue weighted by molar-refractivity contribution is 7.51. The van der Waals surface area contributed by atoms with Gasteiger partial charge >= 0.3 is 25.7 Å². The smallest absolute Gasteiger partial charge is 0.409 e. The van der Waals surface area contributed by atoms with Crippen molar-refractivity contribution in [1.82, 2.24) is 29.5 Å². The van der Waals surface area contributed by atoms with E-state index in [1.165, 1.54) is 26.5 Å². The summed E-state index contributed by atoms with van der Waals surface area (Å²) in [6.07, 6.45) is -7.51. The first-order valence-corrected chi connectivity index (χ1v) is 31.9. The topological polar surface area (TPSA) is 317 Å². The van der Waals surface area contributed by atoms with Gasteiger partial charge in [0.15, 0.2) is 36.1 Å². The van der Waals surface area contributed by atoms with E-state index >= 15 is 9.36 Å². The lowest BCUT2D eigenvalue weighted by molar-refractivity contribution is -0.279. The Morgan fingerprint density at radius 2 is 1.27 bits per heavy atom. The number of aromatic nitrogens is 4. The average molecular weight is 1310 g/mol. The number of carbonyl (C=O) groups is 5. The minimum atomic E-state index is -4.49. The molecule has 2 saturated heterocycles. The zero-order chi connectivity index (χ0) is 66.8.